The topological polar surface area (TPSA) is 18.5 Å². The van der Waals surface area contributed by atoms with E-state index in [1.807, 2.05) is 6.92 Å². The van der Waals surface area contributed by atoms with Crippen LogP contribution >= 0.6 is 0 Å². The van der Waals surface area contributed by atoms with E-state index in [1.165, 1.54) is 0 Å². The zero-order chi connectivity index (χ0) is 6.95. The molecule has 0 bridgehead atoms. The lowest BCUT2D eigenvalue weighted by atomic mass is 10.5. The summed E-state index contributed by atoms with van der Waals surface area (Å²) in [5.74, 6) is 0. The zero-order valence-corrected chi connectivity index (χ0v) is 5.93. The monoisotopic (exact) mass is 130 g/mol. The maximum absolute atomic E-state index is 5.18. The predicted octanol–water partition coefficient (Wildman–Crippen LogP) is 1.14. The van der Waals surface area contributed by atoms with Crippen molar-refractivity contribution in [3.8, 4) is 0 Å². The van der Waals surface area contributed by atoms with Gasteiger partial charge in [-0.2, -0.15) is 0 Å². The molecule has 0 aromatic carbocycles. The van der Waals surface area contributed by atoms with E-state index in [0.29, 0.717) is 26.2 Å². The molecule has 0 aromatic rings. The molecule has 0 aliphatic rings. The predicted molar refractivity (Wildman–Crippen MR) is 36.2 cm³/mol. The second-order valence-corrected chi connectivity index (χ2v) is 1.60. The molecule has 54 valence electrons. The minimum atomic E-state index is 0.589. The first kappa shape index (κ1) is 8.92. The standard InChI is InChI=1S/C7H14O2/c1-3-5-9-7-6-8-4-2/h1H,3-7H2,2H3. The van der Waals surface area contributed by atoms with Crippen LogP contribution in [0.5, 0.6) is 0 Å². The van der Waals surface area contributed by atoms with Crippen LogP contribution in [0.15, 0.2) is 0 Å². The van der Waals surface area contributed by atoms with Crippen molar-refractivity contribution in [3.63, 3.8) is 0 Å². The summed E-state index contributed by atoms with van der Waals surface area (Å²) < 4.78 is 10.0. The fourth-order valence-corrected chi connectivity index (χ4v) is 0.448. The van der Waals surface area contributed by atoms with E-state index in [-0.39, 0.29) is 0 Å². The van der Waals surface area contributed by atoms with Crippen LogP contribution < -0.4 is 0 Å². The van der Waals surface area contributed by atoms with Gasteiger partial charge in [0.05, 0.1) is 13.2 Å². The van der Waals surface area contributed by atoms with Crippen LogP contribution in [-0.4, -0.2) is 26.4 Å². The highest BCUT2D eigenvalue weighted by atomic mass is 16.5. The Morgan fingerprint density at radius 2 is 1.78 bits per heavy atom. The van der Waals surface area contributed by atoms with E-state index < -0.39 is 0 Å². The Hall–Kier alpha value is -0.0800. The Morgan fingerprint density at radius 1 is 1.11 bits per heavy atom. The fraction of sp³-hybridized carbons (Fsp3) is 0.857. The lowest BCUT2D eigenvalue weighted by Crippen LogP contribution is -2.04. The van der Waals surface area contributed by atoms with Crippen LogP contribution in [0.4, 0.5) is 0 Å². The van der Waals surface area contributed by atoms with Gasteiger partial charge in [-0.05, 0) is 20.3 Å². The average molecular weight is 130 g/mol. The van der Waals surface area contributed by atoms with Gasteiger partial charge in [-0.3, -0.25) is 0 Å². The number of hydrogen-bond donors (Lipinski definition) is 0. The first-order valence-corrected chi connectivity index (χ1v) is 3.27. The van der Waals surface area contributed by atoms with Crippen LogP contribution in [0.2, 0.25) is 0 Å². The molecule has 0 fully saturated rings. The largest absolute Gasteiger partial charge is 0.379 e. The van der Waals surface area contributed by atoms with Crippen molar-refractivity contribution in [1.82, 2.24) is 0 Å². The van der Waals surface area contributed by atoms with Gasteiger partial charge < -0.3 is 9.47 Å². The summed E-state index contributed by atoms with van der Waals surface area (Å²) in [6, 6.07) is 0. The van der Waals surface area contributed by atoms with E-state index in [2.05, 4.69) is 0 Å². The van der Waals surface area contributed by atoms with Gasteiger partial charge in [0.1, 0.15) is 0 Å². The van der Waals surface area contributed by atoms with E-state index in [0.717, 1.165) is 6.61 Å². The first-order valence-electron chi connectivity index (χ1n) is 3.27. The van der Waals surface area contributed by atoms with Gasteiger partial charge in [0.15, 0.2) is 0 Å². The molecule has 0 rings (SSSR count). The quantitative estimate of drug-likeness (QED) is 0.502. The SMILES string of the molecule is [CH]CCOCCOCC. The van der Waals surface area contributed by atoms with E-state index in [1.54, 1.807) is 0 Å². The van der Waals surface area contributed by atoms with Gasteiger partial charge in [-0.25, -0.2) is 0 Å². The molecule has 0 aromatic heterocycles. The lowest BCUT2D eigenvalue weighted by Gasteiger charge is -2.00. The van der Waals surface area contributed by atoms with Crippen molar-refractivity contribution in [2.24, 2.45) is 0 Å². The molecule has 9 heavy (non-hydrogen) atoms. The van der Waals surface area contributed by atoms with Crippen LogP contribution in [-0.2, 0) is 9.47 Å². The summed E-state index contributed by atoms with van der Waals surface area (Å²) in [4.78, 5) is 0. The van der Waals surface area contributed by atoms with Crippen LogP contribution in [0.3, 0.4) is 0 Å². The second-order valence-electron chi connectivity index (χ2n) is 1.60. The van der Waals surface area contributed by atoms with Gasteiger partial charge >= 0.3 is 0 Å². The van der Waals surface area contributed by atoms with Crippen molar-refractivity contribution in [2.45, 2.75) is 13.3 Å². The minimum Gasteiger partial charge on any atom is -0.379 e. The molecule has 2 nitrogen and oxygen atoms in total. The Labute approximate surface area is 57.2 Å². The Bertz CT molecular complexity index is 40.2. The fourth-order valence-electron chi connectivity index (χ4n) is 0.448. The average Bonchev–Trinajstić information content (AvgIpc) is 1.89. The van der Waals surface area contributed by atoms with Gasteiger partial charge in [-0.15, -0.1) is 0 Å². The third-order valence-corrected chi connectivity index (χ3v) is 0.838. The number of hydrogen-bond acceptors (Lipinski definition) is 2. The molecule has 0 heterocycles. The van der Waals surface area contributed by atoms with Gasteiger partial charge in [0.25, 0.3) is 0 Å². The maximum atomic E-state index is 5.18. The summed E-state index contributed by atoms with van der Waals surface area (Å²) in [6.07, 6.45) is 0.589. The van der Waals surface area contributed by atoms with Gasteiger partial charge in [0, 0.05) is 13.2 Å². The first-order chi connectivity index (χ1) is 4.41. The highest BCUT2D eigenvalue weighted by Crippen LogP contribution is 1.80. The third kappa shape index (κ3) is 7.92. The minimum absolute atomic E-state index is 0.589. The molecule has 0 atom stereocenters. The van der Waals surface area contributed by atoms with Gasteiger partial charge in [-0.1, -0.05) is 0 Å². The zero-order valence-electron chi connectivity index (χ0n) is 5.93. The summed E-state index contributed by atoms with van der Waals surface area (Å²) in [5.41, 5.74) is 0. The van der Waals surface area contributed by atoms with Crippen molar-refractivity contribution in [1.29, 1.82) is 0 Å². The normalized spacial score (nSPS) is 10.0. The Balaban J connectivity index is 2.60. The van der Waals surface area contributed by atoms with Crippen molar-refractivity contribution in [2.75, 3.05) is 26.4 Å². The summed E-state index contributed by atoms with van der Waals surface area (Å²) in [5, 5.41) is 0. The molecule has 0 saturated carbocycles. The van der Waals surface area contributed by atoms with Crippen LogP contribution in [0.1, 0.15) is 13.3 Å². The van der Waals surface area contributed by atoms with Crippen molar-refractivity contribution in [3.05, 3.63) is 6.92 Å². The molecular weight excluding hydrogens is 116 g/mol. The molecular formula is C7H14O2. The van der Waals surface area contributed by atoms with Crippen molar-refractivity contribution < 1.29 is 9.47 Å². The second kappa shape index (κ2) is 7.92. The smallest absolute Gasteiger partial charge is 0.0700 e. The van der Waals surface area contributed by atoms with Gasteiger partial charge in [0.2, 0.25) is 0 Å². The summed E-state index contributed by atoms with van der Waals surface area (Å²) >= 11 is 0. The number of rotatable bonds is 6. The lowest BCUT2D eigenvalue weighted by molar-refractivity contribution is 0.0546. The Kier molecular flexibility index (Phi) is 7.85. The van der Waals surface area contributed by atoms with Crippen molar-refractivity contribution >= 4 is 0 Å². The molecule has 2 heteroatoms. The molecule has 2 radical (unpaired) electrons. The van der Waals surface area contributed by atoms with E-state index in [9.17, 15) is 0 Å². The highest BCUT2D eigenvalue weighted by Gasteiger charge is 1.84. The summed E-state index contributed by atoms with van der Waals surface area (Å²) in [6.45, 7) is 9.86. The molecule has 0 aliphatic carbocycles. The molecule has 0 amide bonds. The molecule has 0 N–H and O–H groups in total. The van der Waals surface area contributed by atoms with E-state index >= 15 is 0 Å². The summed E-state index contributed by atoms with van der Waals surface area (Å²) in [7, 11) is 0. The maximum Gasteiger partial charge on any atom is 0.0700 e. The molecule has 0 aliphatic heterocycles. The van der Waals surface area contributed by atoms with E-state index in [4.69, 9.17) is 16.4 Å². The van der Waals surface area contributed by atoms with Crippen LogP contribution in [0, 0.1) is 6.92 Å². The highest BCUT2D eigenvalue weighted by molar-refractivity contribution is 4.35. The molecule has 0 unspecified atom stereocenters. The third-order valence-electron chi connectivity index (χ3n) is 0.838. The van der Waals surface area contributed by atoms with Crippen LogP contribution in [0.25, 0.3) is 0 Å². The molecule has 0 spiro atoms. The molecule has 0 saturated heterocycles. The number of ether oxygens (including phenoxy) is 2. The Morgan fingerprint density at radius 3 is 2.33 bits per heavy atom.